The first-order valence-corrected chi connectivity index (χ1v) is 10.3. The molecule has 7 heteroatoms. The van der Waals surface area contributed by atoms with Gasteiger partial charge in [-0.25, -0.2) is 0 Å². The predicted molar refractivity (Wildman–Crippen MR) is 110 cm³/mol. The molecule has 0 bridgehead atoms. The van der Waals surface area contributed by atoms with Crippen LogP contribution in [0.5, 0.6) is 11.5 Å². The van der Waals surface area contributed by atoms with E-state index in [1.807, 2.05) is 12.1 Å². The van der Waals surface area contributed by atoms with Crippen molar-refractivity contribution < 1.29 is 24.2 Å². The van der Waals surface area contributed by atoms with Gasteiger partial charge < -0.3 is 24.3 Å². The maximum atomic E-state index is 13.0. The van der Waals surface area contributed by atoms with Gasteiger partial charge >= 0.3 is 0 Å². The van der Waals surface area contributed by atoms with Gasteiger partial charge in [-0.15, -0.1) is 0 Å². The number of allylic oxidation sites excluding steroid dienone is 2. The Morgan fingerprint density at radius 2 is 1.93 bits per heavy atom. The van der Waals surface area contributed by atoms with Crippen molar-refractivity contribution in [2.24, 2.45) is 10.4 Å². The summed E-state index contributed by atoms with van der Waals surface area (Å²) in [4.78, 5) is 30.7. The minimum Gasteiger partial charge on any atom is -0.548 e. The Morgan fingerprint density at radius 3 is 2.60 bits per heavy atom. The average molecular weight is 411 g/mol. The van der Waals surface area contributed by atoms with Crippen molar-refractivity contribution in [2.75, 3.05) is 27.3 Å². The first-order valence-electron chi connectivity index (χ1n) is 10.3. The molecule has 0 N–H and O–H groups in total. The number of hydrogen-bond acceptors (Lipinski definition) is 7. The van der Waals surface area contributed by atoms with E-state index in [-0.39, 0.29) is 17.2 Å². The van der Waals surface area contributed by atoms with Crippen LogP contribution in [0, 0.1) is 5.41 Å². The lowest BCUT2D eigenvalue weighted by Crippen LogP contribution is -2.46. The number of carboxylic acid groups (broad SMARTS) is 1. The van der Waals surface area contributed by atoms with Gasteiger partial charge in [0.05, 0.1) is 44.1 Å². The molecule has 2 aliphatic heterocycles. The van der Waals surface area contributed by atoms with Gasteiger partial charge in [0.15, 0.2) is 17.3 Å². The van der Waals surface area contributed by atoms with Crippen LogP contribution >= 0.6 is 0 Å². The molecule has 0 radical (unpaired) electrons. The second-order valence-corrected chi connectivity index (χ2v) is 8.97. The number of carboxylic acids is 1. The number of ether oxygens (including phenoxy) is 2. The summed E-state index contributed by atoms with van der Waals surface area (Å²) in [5.74, 6) is 0.160. The minimum absolute atomic E-state index is 0.0190. The van der Waals surface area contributed by atoms with Gasteiger partial charge in [0.2, 0.25) is 0 Å². The number of methoxy groups -OCH3 is 2. The van der Waals surface area contributed by atoms with E-state index in [2.05, 4.69) is 23.7 Å². The van der Waals surface area contributed by atoms with E-state index in [4.69, 9.17) is 9.47 Å². The van der Waals surface area contributed by atoms with Crippen molar-refractivity contribution >= 4 is 17.5 Å². The molecule has 0 amide bonds. The smallest absolute Gasteiger partial charge is 0.166 e. The number of nitrogens with zero attached hydrogens (tertiary/aromatic N) is 2. The van der Waals surface area contributed by atoms with Crippen LogP contribution in [0.3, 0.4) is 0 Å². The standard InChI is InChI=1S/C23H28N2O5/c1-23(2)10-17-22(18(26)11-23)15(24-12-21(27)28)9-16-14-8-20(30-4)19(29-3)7-13(14)5-6-25(16)17/h7-8,16H,5-6,9-12H2,1-4H3,(H,27,28)/p-1/t16-/m1/s1. The van der Waals surface area contributed by atoms with Crippen LogP contribution in [0.2, 0.25) is 0 Å². The van der Waals surface area contributed by atoms with Crippen molar-refractivity contribution in [3.63, 3.8) is 0 Å². The molecule has 1 aromatic carbocycles. The maximum Gasteiger partial charge on any atom is 0.166 e. The zero-order valence-corrected chi connectivity index (χ0v) is 17.9. The summed E-state index contributed by atoms with van der Waals surface area (Å²) >= 11 is 0. The summed E-state index contributed by atoms with van der Waals surface area (Å²) in [7, 11) is 3.24. The number of fused-ring (bicyclic) bond motifs is 4. The Hall–Kier alpha value is -2.83. The van der Waals surface area contributed by atoms with E-state index in [9.17, 15) is 14.7 Å². The highest BCUT2D eigenvalue weighted by molar-refractivity contribution is 6.24. The summed E-state index contributed by atoms with van der Waals surface area (Å²) in [6.07, 6.45) is 2.53. The lowest BCUT2D eigenvalue weighted by Gasteiger charge is -2.48. The molecule has 2 heterocycles. The molecule has 0 spiro atoms. The average Bonchev–Trinajstić information content (AvgIpc) is 2.69. The molecular formula is C23H27N2O5-. The lowest BCUT2D eigenvalue weighted by atomic mass is 9.71. The number of aliphatic imine (C=N–C) groups is 1. The SMILES string of the molecule is COc1cc2c(cc1OC)[C@H]1CC(=NCC(=O)[O-])C3=C(CC(C)(C)CC3=O)N1CC2. The highest BCUT2D eigenvalue weighted by Gasteiger charge is 2.44. The fraction of sp³-hybridized carbons (Fsp3) is 0.522. The van der Waals surface area contributed by atoms with Gasteiger partial charge in [-0.2, -0.15) is 0 Å². The van der Waals surface area contributed by atoms with Crippen LogP contribution < -0.4 is 14.6 Å². The first-order chi connectivity index (χ1) is 14.2. The highest BCUT2D eigenvalue weighted by Crippen LogP contribution is 2.49. The van der Waals surface area contributed by atoms with Crippen molar-refractivity contribution in [3.05, 3.63) is 34.5 Å². The van der Waals surface area contributed by atoms with Crippen molar-refractivity contribution in [2.45, 2.75) is 45.6 Å². The van der Waals surface area contributed by atoms with Gasteiger partial charge in [0.25, 0.3) is 0 Å². The summed E-state index contributed by atoms with van der Waals surface area (Å²) in [5.41, 5.74) is 4.34. The normalized spacial score (nSPS) is 23.6. The number of benzene rings is 1. The van der Waals surface area contributed by atoms with E-state index in [1.165, 1.54) is 5.56 Å². The largest absolute Gasteiger partial charge is 0.548 e. The third-order valence-electron chi connectivity index (χ3n) is 6.28. The molecule has 160 valence electrons. The third kappa shape index (κ3) is 3.46. The zero-order valence-electron chi connectivity index (χ0n) is 17.9. The molecular weight excluding hydrogens is 384 g/mol. The van der Waals surface area contributed by atoms with Crippen molar-refractivity contribution in [3.8, 4) is 11.5 Å². The van der Waals surface area contributed by atoms with Crippen molar-refractivity contribution in [1.82, 2.24) is 4.90 Å². The number of Topliss-reactive ketones (excluding diaryl/α,β-unsaturated/α-hetero) is 1. The molecule has 3 aliphatic rings. The fourth-order valence-corrected chi connectivity index (χ4v) is 5.02. The van der Waals surface area contributed by atoms with Gasteiger partial charge in [0, 0.05) is 25.1 Å². The van der Waals surface area contributed by atoms with Crippen LogP contribution in [0.1, 0.15) is 50.3 Å². The molecule has 30 heavy (non-hydrogen) atoms. The van der Waals surface area contributed by atoms with Gasteiger partial charge in [-0.1, -0.05) is 13.8 Å². The molecule has 7 nitrogen and oxygen atoms in total. The van der Waals surface area contributed by atoms with Crippen molar-refractivity contribution in [1.29, 1.82) is 0 Å². The number of hydrogen-bond donors (Lipinski definition) is 0. The first kappa shape index (κ1) is 20.4. The highest BCUT2D eigenvalue weighted by atomic mass is 16.5. The van der Waals surface area contributed by atoms with Gasteiger partial charge in [-0.05, 0) is 41.5 Å². The number of rotatable bonds is 4. The molecule has 1 aromatic rings. The predicted octanol–water partition coefficient (Wildman–Crippen LogP) is 1.84. The zero-order chi connectivity index (χ0) is 21.6. The Morgan fingerprint density at radius 1 is 1.23 bits per heavy atom. The Bertz CT molecular complexity index is 976. The molecule has 1 atom stereocenters. The summed E-state index contributed by atoms with van der Waals surface area (Å²) < 4.78 is 11.0. The lowest BCUT2D eigenvalue weighted by molar-refractivity contribution is -0.303. The second-order valence-electron chi connectivity index (χ2n) is 8.97. The number of ketones is 1. The molecule has 0 saturated carbocycles. The summed E-state index contributed by atoms with van der Waals surface area (Å²) in [6.45, 7) is 4.56. The quantitative estimate of drug-likeness (QED) is 0.751. The maximum absolute atomic E-state index is 13.0. The number of aliphatic carboxylic acids is 1. The van der Waals surface area contributed by atoms with E-state index in [1.54, 1.807) is 14.2 Å². The van der Waals surface area contributed by atoms with E-state index < -0.39 is 12.5 Å². The van der Waals surface area contributed by atoms with Crippen LogP contribution in [0.4, 0.5) is 0 Å². The molecule has 0 unspecified atom stereocenters. The topological polar surface area (TPSA) is 91.3 Å². The minimum atomic E-state index is -1.24. The monoisotopic (exact) mass is 411 g/mol. The Labute approximate surface area is 176 Å². The van der Waals surface area contributed by atoms with Gasteiger partial charge in [0.1, 0.15) is 0 Å². The molecule has 0 saturated heterocycles. The van der Waals surface area contributed by atoms with Crippen LogP contribution in [0.25, 0.3) is 0 Å². The Balaban J connectivity index is 1.85. The molecule has 0 fully saturated rings. The van der Waals surface area contributed by atoms with Gasteiger partial charge in [-0.3, -0.25) is 9.79 Å². The molecule has 1 aliphatic carbocycles. The van der Waals surface area contributed by atoms with Crippen LogP contribution in [0.15, 0.2) is 28.4 Å². The number of carbonyl (C=O) groups is 2. The van der Waals surface area contributed by atoms with E-state index >= 15 is 0 Å². The summed E-state index contributed by atoms with van der Waals surface area (Å²) in [5, 5.41) is 11.1. The Kier molecular flexibility index (Phi) is 5.08. The second kappa shape index (κ2) is 7.45. The van der Waals surface area contributed by atoms with Crippen LogP contribution in [-0.4, -0.2) is 49.7 Å². The fourth-order valence-electron chi connectivity index (χ4n) is 5.02. The molecule has 0 aromatic heterocycles. The molecule has 4 rings (SSSR count). The van der Waals surface area contributed by atoms with Crippen LogP contribution in [-0.2, 0) is 16.0 Å². The van der Waals surface area contributed by atoms with E-state index in [0.29, 0.717) is 35.6 Å². The van der Waals surface area contributed by atoms with E-state index in [0.717, 1.165) is 30.6 Å². The summed E-state index contributed by atoms with van der Waals surface area (Å²) in [6, 6.07) is 4.00. The number of carbonyl (C=O) groups excluding carboxylic acids is 2. The third-order valence-corrected chi connectivity index (χ3v) is 6.28.